The van der Waals surface area contributed by atoms with Gasteiger partial charge in [-0.05, 0) is 24.1 Å². The summed E-state index contributed by atoms with van der Waals surface area (Å²) in [6, 6.07) is 6.22. The van der Waals surface area contributed by atoms with Gasteiger partial charge in [0.1, 0.15) is 0 Å². The number of rotatable bonds is 1. The molecule has 0 amide bonds. The van der Waals surface area contributed by atoms with E-state index < -0.39 is 11.7 Å². The van der Waals surface area contributed by atoms with Gasteiger partial charge in [-0.3, -0.25) is 0 Å². The highest BCUT2D eigenvalue weighted by Crippen LogP contribution is 2.29. The molecule has 1 radical (unpaired) electrons. The number of benzene rings is 1. The molecule has 0 aliphatic heterocycles. The summed E-state index contributed by atoms with van der Waals surface area (Å²) in [6.07, 6.45) is -3.66. The van der Waals surface area contributed by atoms with Crippen LogP contribution in [0.4, 0.5) is 13.2 Å². The van der Waals surface area contributed by atoms with Gasteiger partial charge in [-0.1, -0.05) is 19.1 Å². The Morgan fingerprint density at radius 1 is 1.42 bits per heavy atom. The maximum Gasteiger partial charge on any atom is 0.417 e. The Morgan fingerprint density at radius 2 is 2.08 bits per heavy atom. The van der Waals surface area contributed by atoms with Crippen LogP contribution in [0.25, 0.3) is 0 Å². The number of aryl methyl sites for hydroxylation is 1. The minimum atomic E-state index is -4.27. The first kappa shape index (κ1) is 9.10. The van der Waals surface area contributed by atoms with Crippen molar-refractivity contribution >= 4 is 0 Å². The van der Waals surface area contributed by atoms with Crippen LogP contribution in [-0.2, 0) is 12.6 Å². The highest BCUT2D eigenvalue weighted by molar-refractivity contribution is 5.24. The summed E-state index contributed by atoms with van der Waals surface area (Å²) >= 11 is 0. The van der Waals surface area contributed by atoms with Crippen molar-refractivity contribution in [3.8, 4) is 0 Å². The zero-order chi connectivity index (χ0) is 9.19. The summed E-state index contributed by atoms with van der Waals surface area (Å²) in [6.45, 7) is 1.81. The maximum absolute atomic E-state index is 12.1. The quantitative estimate of drug-likeness (QED) is 0.612. The van der Waals surface area contributed by atoms with Gasteiger partial charge in [0.2, 0.25) is 0 Å². The molecule has 1 aromatic carbocycles. The minimum Gasteiger partial charge on any atom is -0.166 e. The van der Waals surface area contributed by atoms with Crippen molar-refractivity contribution < 1.29 is 13.2 Å². The molecule has 0 atom stereocenters. The highest BCUT2D eigenvalue weighted by Gasteiger charge is 2.30. The van der Waals surface area contributed by atoms with E-state index >= 15 is 0 Å². The largest absolute Gasteiger partial charge is 0.417 e. The lowest BCUT2D eigenvalue weighted by atomic mass is 10.1. The van der Waals surface area contributed by atoms with Crippen molar-refractivity contribution in [2.24, 2.45) is 0 Å². The Bertz CT molecular complexity index is 263. The molecule has 0 nitrogen and oxygen atoms in total. The van der Waals surface area contributed by atoms with Crippen molar-refractivity contribution in [3.05, 3.63) is 35.4 Å². The molecule has 0 aliphatic rings. The van der Waals surface area contributed by atoms with Crippen LogP contribution in [0.2, 0.25) is 0 Å². The standard InChI is InChI=1S/C9H8F3/c1-2-7-4-3-5-8(6-7)9(10,11)12/h3-4,6H,2H2,1H3. The third-order valence-corrected chi connectivity index (χ3v) is 1.58. The molecular weight excluding hydrogens is 165 g/mol. The summed E-state index contributed by atoms with van der Waals surface area (Å²) in [5, 5.41) is 0. The molecule has 0 bridgehead atoms. The summed E-state index contributed by atoms with van der Waals surface area (Å²) < 4.78 is 36.2. The van der Waals surface area contributed by atoms with Crippen LogP contribution in [0.1, 0.15) is 18.1 Å². The van der Waals surface area contributed by atoms with Gasteiger partial charge in [0.05, 0.1) is 5.56 Å². The molecule has 0 saturated heterocycles. The third-order valence-electron chi connectivity index (χ3n) is 1.58. The zero-order valence-electron chi connectivity index (χ0n) is 6.57. The molecule has 0 unspecified atom stereocenters. The van der Waals surface area contributed by atoms with Crippen molar-refractivity contribution in [2.45, 2.75) is 19.5 Å². The Kier molecular flexibility index (Phi) is 2.40. The second-order valence-corrected chi connectivity index (χ2v) is 2.46. The average Bonchev–Trinajstić information content (AvgIpc) is 2.03. The smallest absolute Gasteiger partial charge is 0.166 e. The van der Waals surface area contributed by atoms with Crippen molar-refractivity contribution in [3.63, 3.8) is 0 Å². The van der Waals surface area contributed by atoms with Crippen LogP contribution in [0.5, 0.6) is 0 Å². The number of hydrogen-bond acceptors (Lipinski definition) is 0. The molecule has 0 N–H and O–H groups in total. The van der Waals surface area contributed by atoms with E-state index in [0.29, 0.717) is 12.0 Å². The molecule has 0 aromatic heterocycles. The minimum absolute atomic E-state index is 0.609. The van der Waals surface area contributed by atoms with Crippen LogP contribution in [0.3, 0.4) is 0 Å². The van der Waals surface area contributed by atoms with E-state index in [-0.39, 0.29) is 0 Å². The normalized spacial score (nSPS) is 11.7. The Hall–Kier alpha value is -0.990. The Labute approximate surface area is 69.0 Å². The Morgan fingerprint density at radius 3 is 2.58 bits per heavy atom. The monoisotopic (exact) mass is 173 g/mol. The first-order chi connectivity index (χ1) is 5.54. The molecule has 12 heavy (non-hydrogen) atoms. The van der Waals surface area contributed by atoms with E-state index in [2.05, 4.69) is 6.07 Å². The van der Waals surface area contributed by atoms with Crippen LogP contribution in [-0.4, -0.2) is 0 Å². The van der Waals surface area contributed by atoms with Gasteiger partial charge in [-0.25, -0.2) is 0 Å². The molecule has 0 saturated carbocycles. The van der Waals surface area contributed by atoms with Crippen LogP contribution >= 0.6 is 0 Å². The number of halogens is 3. The van der Waals surface area contributed by atoms with Crippen LogP contribution < -0.4 is 0 Å². The fourth-order valence-corrected chi connectivity index (χ4v) is 0.897. The van der Waals surface area contributed by atoms with E-state index in [0.717, 1.165) is 6.07 Å². The first-order valence-corrected chi connectivity index (χ1v) is 3.62. The van der Waals surface area contributed by atoms with Crippen LogP contribution in [0, 0.1) is 6.07 Å². The third kappa shape index (κ3) is 2.00. The second-order valence-electron chi connectivity index (χ2n) is 2.46. The van der Waals surface area contributed by atoms with E-state index in [1.165, 1.54) is 6.07 Å². The molecule has 1 rings (SSSR count). The molecule has 0 spiro atoms. The van der Waals surface area contributed by atoms with E-state index in [9.17, 15) is 13.2 Å². The predicted octanol–water partition coefficient (Wildman–Crippen LogP) is 3.07. The molecule has 0 heterocycles. The predicted molar refractivity (Wildman–Crippen MR) is 39.7 cm³/mol. The van der Waals surface area contributed by atoms with Crippen LogP contribution in [0.15, 0.2) is 18.2 Å². The van der Waals surface area contributed by atoms with E-state index in [1.54, 1.807) is 6.07 Å². The highest BCUT2D eigenvalue weighted by atomic mass is 19.4. The fourth-order valence-electron chi connectivity index (χ4n) is 0.897. The van der Waals surface area contributed by atoms with Gasteiger partial charge in [0.25, 0.3) is 0 Å². The maximum atomic E-state index is 12.1. The number of alkyl halides is 3. The van der Waals surface area contributed by atoms with Gasteiger partial charge in [0.15, 0.2) is 0 Å². The molecule has 3 heteroatoms. The summed E-state index contributed by atoms with van der Waals surface area (Å²) in [5.41, 5.74) is -0.0112. The van der Waals surface area contributed by atoms with Crippen molar-refractivity contribution in [1.82, 2.24) is 0 Å². The molecule has 0 fully saturated rings. The molecule has 65 valence electrons. The summed E-state index contributed by atoms with van der Waals surface area (Å²) in [5.74, 6) is 0. The van der Waals surface area contributed by atoms with Crippen molar-refractivity contribution in [2.75, 3.05) is 0 Å². The summed E-state index contributed by atoms with van der Waals surface area (Å²) in [7, 11) is 0. The topological polar surface area (TPSA) is 0 Å². The van der Waals surface area contributed by atoms with Gasteiger partial charge in [-0.15, -0.1) is 0 Å². The lowest BCUT2D eigenvalue weighted by Gasteiger charge is -2.06. The van der Waals surface area contributed by atoms with Gasteiger partial charge in [0, 0.05) is 0 Å². The Balaban J connectivity index is 3.02. The summed E-state index contributed by atoms with van der Waals surface area (Å²) in [4.78, 5) is 0. The molecule has 1 aromatic rings. The fraction of sp³-hybridized carbons (Fsp3) is 0.333. The van der Waals surface area contributed by atoms with Gasteiger partial charge < -0.3 is 0 Å². The lowest BCUT2D eigenvalue weighted by Crippen LogP contribution is -2.05. The second kappa shape index (κ2) is 3.17. The molecular formula is C9H8F3. The zero-order valence-corrected chi connectivity index (χ0v) is 6.57. The average molecular weight is 173 g/mol. The number of hydrogen-bond donors (Lipinski definition) is 0. The lowest BCUT2D eigenvalue weighted by molar-refractivity contribution is -0.137. The molecule has 0 aliphatic carbocycles. The van der Waals surface area contributed by atoms with E-state index in [4.69, 9.17) is 0 Å². The van der Waals surface area contributed by atoms with Gasteiger partial charge in [-0.2, -0.15) is 13.2 Å². The van der Waals surface area contributed by atoms with Crippen molar-refractivity contribution in [1.29, 1.82) is 0 Å². The van der Waals surface area contributed by atoms with E-state index in [1.807, 2.05) is 6.92 Å². The van der Waals surface area contributed by atoms with Gasteiger partial charge >= 0.3 is 6.18 Å². The first-order valence-electron chi connectivity index (χ1n) is 3.62. The SMILES string of the molecule is CCc1cc[c]c(C(F)(F)F)c1.